The van der Waals surface area contributed by atoms with Crippen LogP contribution in [0.2, 0.25) is 0 Å². The highest BCUT2D eigenvalue weighted by Gasteiger charge is 2.26. The highest BCUT2D eigenvalue weighted by atomic mass is 14.9. The van der Waals surface area contributed by atoms with E-state index < -0.39 is 0 Å². The summed E-state index contributed by atoms with van der Waals surface area (Å²) in [6, 6.07) is 7.48. The molecular formula is C18H30N2. The van der Waals surface area contributed by atoms with Gasteiger partial charge in [-0.1, -0.05) is 46.2 Å². The average Bonchev–Trinajstić information content (AvgIpc) is 2.85. The van der Waals surface area contributed by atoms with Crippen LogP contribution in [0.5, 0.6) is 0 Å². The lowest BCUT2D eigenvalue weighted by molar-refractivity contribution is 0.516. The maximum atomic E-state index is 5.90. The second-order valence-corrected chi connectivity index (χ2v) is 6.83. The summed E-state index contributed by atoms with van der Waals surface area (Å²) in [5.74, 6) is 1.78. The SMILES string of the molecule is CC(C)c1ccc(NC2CCCC2CN)c(C(C)C)c1. The second-order valence-electron chi connectivity index (χ2n) is 6.83. The third kappa shape index (κ3) is 3.35. The van der Waals surface area contributed by atoms with Gasteiger partial charge in [0.05, 0.1) is 0 Å². The van der Waals surface area contributed by atoms with Crippen molar-refractivity contribution in [2.24, 2.45) is 11.7 Å². The van der Waals surface area contributed by atoms with E-state index in [4.69, 9.17) is 5.73 Å². The lowest BCUT2D eigenvalue weighted by Crippen LogP contribution is -2.29. The smallest absolute Gasteiger partial charge is 0.0377 e. The average molecular weight is 274 g/mol. The van der Waals surface area contributed by atoms with Crippen molar-refractivity contribution >= 4 is 5.69 Å². The number of benzene rings is 1. The molecule has 1 fully saturated rings. The summed E-state index contributed by atoms with van der Waals surface area (Å²) in [4.78, 5) is 0. The molecule has 0 aliphatic heterocycles. The molecule has 0 bridgehead atoms. The molecule has 1 aromatic carbocycles. The summed E-state index contributed by atoms with van der Waals surface area (Å²) in [6.45, 7) is 9.88. The zero-order valence-electron chi connectivity index (χ0n) is 13.4. The molecular weight excluding hydrogens is 244 g/mol. The molecule has 0 heterocycles. The standard InChI is InChI=1S/C18H30N2/c1-12(2)14-8-9-18(16(10-14)13(3)4)20-17-7-5-6-15(17)11-19/h8-10,12-13,15,17,20H,5-7,11,19H2,1-4H3. The van der Waals surface area contributed by atoms with E-state index >= 15 is 0 Å². The molecule has 0 saturated heterocycles. The number of anilines is 1. The fourth-order valence-electron chi connectivity index (χ4n) is 3.26. The van der Waals surface area contributed by atoms with Crippen LogP contribution in [-0.2, 0) is 0 Å². The van der Waals surface area contributed by atoms with Crippen LogP contribution in [0.3, 0.4) is 0 Å². The second kappa shape index (κ2) is 6.62. The highest BCUT2D eigenvalue weighted by molar-refractivity contribution is 5.55. The first-order chi connectivity index (χ1) is 9.52. The molecule has 2 unspecified atom stereocenters. The minimum absolute atomic E-state index is 0.550. The van der Waals surface area contributed by atoms with E-state index in [-0.39, 0.29) is 0 Å². The lowest BCUT2D eigenvalue weighted by Gasteiger charge is -2.24. The van der Waals surface area contributed by atoms with Gasteiger partial charge in [0.15, 0.2) is 0 Å². The lowest BCUT2D eigenvalue weighted by atomic mass is 9.93. The first-order valence-electron chi connectivity index (χ1n) is 8.13. The zero-order chi connectivity index (χ0) is 14.7. The van der Waals surface area contributed by atoms with Crippen molar-refractivity contribution in [2.75, 3.05) is 11.9 Å². The van der Waals surface area contributed by atoms with Gasteiger partial charge in [0.2, 0.25) is 0 Å². The minimum Gasteiger partial charge on any atom is -0.382 e. The summed E-state index contributed by atoms with van der Waals surface area (Å²) >= 11 is 0. The van der Waals surface area contributed by atoms with Crippen LogP contribution in [0.25, 0.3) is 0 Å². The third-order valence-corrected chi connectivity index (χ3v) is 4.67. The monoisotopic (exact) mass is 274 g/mol. The van der Waals surface area contributed by atoms with Crippen molar-refractivity contribution in [3.8, 4) is 0 Å². The molecule has 0 amide bonds. The Hall–Kier alpha value is -1.02. The van der Waals surface area contributed by atoms with Gasteiger partial charge in [-0.3, -0.25) is 0 Å². The van der Waals surface area contributed by atoms with Crippen molar-refractivity contribution in [3.05, 3.63) is 29.3 Å². The molecule has 2 nitrogen and oxygen atoms in total. The number of nitrogens with one attached hydrogen (secondary N) is 1. The van der Waals surface area contributed by atoms with Crippen LogP contribution in [0.4, 0.5) is 5.69 Å². The molecule has 0 aromatic heterocycles. The molecule has 3 N–H and O–H groups in total. The van der Waals surface area contributed by atoms with E-state index in [0.717, 1.165) is 6.54 Å². The molecule has 0 radical (unpaired) electrons. The Labute approximate surface area is 124 Å². The molecule has 2 atom stereocenters. The molecule has 2 rings (SSSR count). The van der Waals surface area contributed by atoms with Gasteiger partial charge in [0, 0.05) is 11.7 Å². The molecule has 1 aliphatic carbocycles. The Morgan fingerprint density at radius 1 is 1.15 bits per heavy atom. The van der Waals surface area contributed by atoms with Gasteiger partial charge in [-0.2, -0.15) is 0 Å². The van der Waals surface area contributed by atoms with E-state index in [1.165, 1.54) is 36.1 Å². The Morgan fingerprint density at radius 2 is 1.90 bits per heavy atom. The van der Waals surface area contributed by atoms with E-state index in [2.05, 4.69) is 51.2 Å². The van der Waals surface area contributed by atoms with Crippen molar-refractivity contribution < 1.29 is 0 Å². The van der Waals surface area contributed by atoms with Crippen LogP contribution in [0.15, 0.2) is 18.2 Å². The van der Waals surface area contributed by atoms with E-state index in [1.807, 2.05) is 0 Å². The van der Waals surface area contributed by atoms with Crippen LogP contribution >= 0.6 is 0 Å². The fraction of sp³-hybridized carbons (Fsp3) is 0.667. The predicted octanol–water partition coefficient (Wildman–Crippen LogP) is 4.47. The molecule has 1 saturated carbocycles. The van der Waals surface area contributed by atoms with E-state index in [1.54, 1.807) is 0 Å². The molecule has 112 valence electrons. The summed E-state index contributed by atoms with van der Waals surface area (Å²) in [5, 5.41) is 3.78. The largest absolute Gasteiger partial charge is 0.382 e. The van der Waals surface area contributed by atoms with Crippen molar-refractivity contribution in [1.82, 2.24) is 0 Å². The van der Waals surface area contributed by atoms with Crippen molar-refractivity contribution in [2.45, 2.75) is 64.8 Å². The molecule has 1 aromatic rings. The third-order valence-electron chi connectivity index (χ3n) is 4.67. The van der Waals surface area contributed by atoms with Crippen LogP contribution in [0, 0.1) is 5.92 Å². The van der Waals surface area contributed by atoms with Gasteiger partial charge in [-0.15, -0.1) is 0 Å². The topological polar surface area (TPSA) is 38.0 Å². The number of rotatable bonds is 5. The highest BCUT2D eigenvalue weighted by Crippen LogP contribution is 2.33. The van der Waals surface area contributed by atoms with E-state index in [9.17, 15) is 0 Å². The number of nitrogens with two attached hydrogens (primary N) is 1. The Balaban J connectivity index is 2.22. The first kappa shape index (κ1) is 15.4. The van der Waals surface area contributed by atoms with Crippen molar-refractivity contribution in [3.63, 3.8) is 0 Å². The summed E-state index contributed by atoms with van der Waals surface area (Å²) in [7, 11) is 0. The van der Waals surface area contributed by atoms with Gasteiger partial charge in [-0.05, 0) is 54.3 Å². The van der Waals surface area contributed by atoms with E-state index in [0.29, 0.717) is 23.8 Å². The van der Waals surface area contributed by atoms with Gasteiger partial charge >= 0.3 is 0 Å². The quantitative estimate of drug-likeness (QED) is 0.831. The Kier molecular flexibility index (Phi) is 5.09. The summed E-state index contributed by atoms with van der Waals surface area (Å²) < 4.78 is 0. The molecule has 1 aliphatic rings. The normalized spacial score (nSPS) is 22.8. The Bertz CT molecular complexity index is 437. The van der Waals surface area contributed by atoms with Crippen molar-refractivity contribution in [1.29, 1.82) is 0 Å². The fourth-order valence-corrected chi connectivity index (χ4v) is 3.26. The van der Waals surface area contributed by atoms with Gasteiger partial charge in [0.25, 0.3) is 0 Å². The van der Waals surface area contributed by atoms with Crippen LogP contribution < -0.4 is 11.1 Å². The minimum atomic E-state index is 0.550. The predicted molar refractivity (Wildman–Crippen MR) is 88.4 cm³/mol. The van der Waals surface area contributed by atoms with Gasteiger partial charge in [0.1, 0.15) is 0 Å². The molecule has 2 heteroatoms. The van der Waals surface area contributed by atoms with Gasteiger partial charge < -0.3 is 11.1 Å². The number of hydrogen-bond donors (Lipinski definition) is 2. The Morgan fingerprint density at radius 3 is 2.50 bits per heavy atom. The zero-order valence-corrected chi connectivity index (χ0v) is 13.4. The number of hydrogen-bond acceptors (Lipinski definition) is 2. The summed E-state index contributed by atoms with van der Waals surface area (Å²) in [6.07, 6.45) is 3.83. The van der Waals surface area contributed by atoms with Crippen LogP contribution in [-0.4, -0.2) is 12.6 Å². The van der Waals surface area contributed by atoms with Crippen LogP contribution in [0.1, 0.15) is 69.9 Å². The first-order valence-corrected chi connectivity index (χ1v) is 8.13. The van der Waals surface area contributed by atoms with Gasteiger partial charge in [-0.25, -0.2) is 0 Å². The molecule has 20 heavy (non-hydrogen) atoms. The maximum Gasteiger partial charge on any atom is 0.0377 e. The molecule has 0 spiro atoms. The summed E-state index contributed by atoms with van der Waals surface area (Å²) in [5.41, 5.74) is 10.1. The maximum absolute atomic E-state index is 5.90.